The topological polar surface area (TPSA) is 56.0 Å². The minimum atomic E-state index is 0.0754. The molecule has 3 aromatic rings. The van der Waals surface area contributed by atoms with E-state index in [2.05, 4.69) is 38.9 Å². The summed E-state index contributed by atoms with van der Waals surface area (Å²) in [5.41, 5.74) is 2.74. The molecular formula is C21H25N5O. The zero-order valence-electron chi connectivity index (χ0n) is 15.9. The highest BCUT2D eigenvalue weighted by atomic mass is 16.2. The van der Waals surface area contributed by atoms with Crippen molar-refractivity contribution < 1.29 is 4.79 Å². The highest BCUT2D eigenvalue weighted by molar-refractivity contribution is 5.95. The van der Waals surface area contributed by atoms with Crippen molar-refractivity contribution in [3.8, 4) is 0 Å². The number of aromatic nitrogens is 4. The lowest BCUT2D eigenvalue weighted by molar-refractivity contribution is 0.0702. The third-order valence-electron chi connectivity index (χ3n) is 5.26. The number of hydrogen-bond acceptors (Lipinski definition) is 3. The van der Waals surface area contributed by atoms with Gasteiger partial charge in [0.15, 0.2) is 0 Å². The summed E-state index contributed by atoms with van der Waals surface area (Å²) in [7, 11) is 1.85. The number of hydrogen-bond donors (Lipinski definition) is 0. The smallest absolute Gasteiger partial charge is 0.257 e. The average Bonchev–Trinajstić information content (AvgIpc) is 3.28. The van der Waals surface area contributed by atoms with Gasteiger partial charge in [0.05, 0.1) is 11.3 Å². The van der Waals surface area contributed by atoms with Crippen LogP contribution in [0.15, 0.2) is 48.9 Å². The van der Waals surface area contributed by atoms with Gasteiger partial charge < -0.3 is 9.47 Å². The molecule has 0 bridgehead atoms. The maximum absolute atomic E-state index is 13.0. The number of rotatable bonds is 4. The molecule has 1 aliphatic rings. The van der Waals surface area contributed by atoms with Gasteiger partial charge in [-0.05, 0) is 25.3 Å². The van der Waals surface area contributed by atoms with E-state index in [1.165, 1.54) is 5.56 Å². The molecule has 0 aliphatic carbocycles. The Morgan fingerprint density at radius 3 is 2.81 bits per heavy atom. The lowest BCUT2D eigenvalue weighted by atomic mass is 9.96. The lowest BCUT2D eigenvalue weighted by Crippen LogP contribution is -2.40. The Balaban J connectivity index is 1.51. The number of aryl methyl sites for hydroxylation is 2. The van der Waals surface area contributed by atoms with Crippen LogP contribution in [0.1, 0.15) is 46.2 Å². The number of imidazole rings is 1. The van der Waals surface area contributed by atoms with Crippen molar-refractivity contribution in [1.82, 2.24) is 24.2 Å². The molecule has 1 aromatic carbocycles. The second-order valence-corrected chi connectivity index (χ2v) is 7.29. The molecule has 27 heavy (non-hydrogen) atoms. The van der Waals surface area contributed by atoms with Crippen LogP contribution in [0.5, 0.6) is 0 Å². The van der Waals surface area contributed by atoms with Crippen LogP contribution in [0.25, 0.3) is 0 Å². The lowest BCUT2D eigenvalue weighted by Gasteiger charge is -2.32. The molecule has 0 spiro atoms. The van der Waals surface area contributed by atoms with Crippen LogP contribution in [-0.2, 0) is 13.6 Å². The van der Waals surface area contributed by atoms with Crippen molar-refractivity contribution in [3.05, 3.63) is 71.6 Å². The molecule has 0 N–H and O–H groups in total. The summed E-state index contributed by atoms with van der Waals surface area (Å²) in [4.78, 5) is 19.6. The molecule has 6 heteroatoms. The first-order chi connectivity index (χ1) is 13.1. The quantitative estimate of drug-likeness (QED) is 0.716. The summed E-state index contributed by atoms with van der Waals surface area (Å²) in [6.45, 7) is 4.20. The van der Waals surface area contributed by atoms with Crippen LogP contribution in [0.3, 0.4) is 0 Å². The van der Waals surface area contributed by atoms with E-state index >= 15 is 0 Å². The standard InChI is InChI=1S/C21H25N5O/c1-16-19(15-24(2)23-16)21(27)26-11-6-9-18(14-26)20-22-10-12-25(20)13-17-7-4-3-5-8-17/h3-5,7-8,10,12,15,18H,6,9,11,13-14H2,1-2H3. The monoisotopic (exact) mass is 363 g/mol. The van der Waals surface area contributed by atoms with Gasteiger partial charge in [0, 0.05) is 51.2 Å². The predicted molar refractivity (Wildman–Crippen MR) is 104 cm³/mol. The first kappa shape index (κ1) is 17.5. The third-order valence-corrected chi connectivity index (χ3v) is 5.26. The van der Waals surface area contributed by atoms with Crippen molar-refractivity contribution in [2.45, 2.75) is 32.2 Å². The Hall–Kier alpha value is -2.89. The molecule has 0 saturated carbocycles. The largest absolute Gasteiger partial charge is 0.338 e. The second kappa shape index (κ2) is 7.39. The molecule has 1 saturated heterocycles. The number of nitrogens with zero attached hydrogens (tertiary/aromatic N) is 5. The summed E-state index contributed by atoms with van der Waals surface area (Å²) in [6, 6.07) is 10.4. The van der Waals surface area contributed by atoms with E-state index in [4.69, 9.17) is 0 Å². The van der Waals surface area contributed by atoms with Gasteiger partial charge in [0.2, 0.25) is 0 Å². The molecule has 140 valence electrons. The Morgan fingerprint density at radius 1 is 1.26 bits per heavy atom. The van der Waals surface area contributed by atoms with Crippen molar-refractivity contribution >= 4 is 5.91 Å². The molecule has 6 nitrogen and oxygen atoms in total. The van der Waals surface area contributed by atoms with Gasteiger partial charge in [-0.1, -0.05) is 30.3 Å². The number of amides is 1. The zero-order valence-corrected chi connectivity index (χ0v) is 15.9. The van der Waals surface area contributed by atoms with E-state index in [0.717, 1.165) is 37.4 Å². The fourth-order valence-electron chi connectivity index (χ4n) is 3.95. The van der Waals surface area contributed by atoms with Crippen LogP contribution in [-0.4, -0.2) is 43.2 Å². The fourth-order valence-corrected chi connectivity index (χ4v) is 3.95. The van der Waals surface area contributed by atoms with Gasteiger partial charge in [0.1, 0.15) is 5.82 Å². The molecule has 1 atom stereocenters. The first-order valence-electron chi connectivity index (χ1n) is 9.46. The number of carbonyl (C=O) groups is 1. The number of carbonyl (C=O) groups excluding carboxylic acids is 1. The minimum absolute atomic E-state index is 0.0754. The summed E-state index contributed by atoms with van der Waals surface area (Å²) in [5, 5.41) is 4.31. The van der Waals surface area contributed by atoms with Gasteiger partial charge in [-0.25, -0.2) is 4.98 Å². The first-order valence-corrected chi connectivity index (χ1v) is 9.46. The van der Waals surface area contributed by atoms with E-state index in [1.807, 2.05) is 43.5 Å². The average molecular weight is 363 g/mol. The maximum Gasteiger partial charge on any atom is 0.257 e. The fraction of sp³-hybridized carbons (Fsp3) is 0.381. The summed E-state index contributed by atoms with van der Waals surface area (Å²) >= 11 is 0. The second-order valence-electron chi connectivity index (χ2n) is 7.29. The van der Waals surface area contributed by atoms with E-state index in [-0.39, 0.29) is 11.8 Å². The minimum Gasteiger partial charge on any atom is -0.338 e. The Bertz CT molecular complexity index is 927. The van der Waals surface area contributed by atoms with Crippen molar-refractivity contribution in [3.63, 3.8) is 0 Å². The summed E-state index contributed by atoms with van der Waals surface area (Å²) in [6.07, 6.45) is 7.77. The van der Waals surface area contributed by atoms with Crippen molar-refractivity contribution in [1.29, 1.82) is 0 Å². The maximum atomic E-state index is 13.0. The zero-order chi connectivity index (χ0) is 18.8. The molecule has 1 amide bonds. The molecule has 0 radical (unpaired) electrons. The predicted octanol–water partition coefficient (Wildman–Crippen LogP) is 2.99. The van der Waals surface area contributed by atoms with Gasteiger partial charge in [0.25, 0.3) is 5.91 Å². The van der Waals surface area contributed by atoms with Crippen molar-refractivity contribution in [2.75, 3.05) is 13.1 Å². The number of likely N-dealkylation sites (tertiary alicyclic amines) is 1. The van der Waals surface area contributed by atoms with E-state index in [0.29, 0.717) is 12.1 Å². The van der Waals surface area contributed by atoms with Crippen LogP contribution in [0.4, 0.5) is 0 Å². The molecule has 4 rings (SSSR count). The number of benzene rings is 1. The van der Waals surface area contributed by atoms with Gasteiger partial charge in [-0.15, -0.1) is 0 Å². The van der Waals surface area contributed by atoms with E-state index < -0.39 is 0 Å². The molecular weight excluding hydrogens is 338 g/mol. The number of piperidine rings is 1. The van der Waals surface area contributed by atoms with Crippen molar-refractivity contribution in [2.24, 2.45) is 7.05 Å². The highest BCUT2D eigenvalue weighted by Gasteiger charge is 2.29. The molecule has 3 heterocycles. The normalized spacial score (nSPS) is 17.3. The van der Waals surface area contributed by atoms with Crippen LogP contribution >= 0.6 is 0 Å². The molecule has 1 aliphatic heterocycles. The van der Waals surface area contributed by atoms with E-state index in [1.54, 1.807) is 4.68 Å². The Morgan fingerprint density at radius 2 is 2.07 bits per heavy atom. The van der Waals surface area contributed by atoms with Crippen LogP contribution in [0, 0.1) is 6.92 Å². The van der Waals surface area contributed by atoms with E-state index in [9.17, 15) is 4.79 Å². The SMILES string of the molecule is Cc1nn(C)cc1C(=O)N1CCCC(c2nccn2Cc2ccccc2)C1. The Kier molecular flexibility index (Phi) is 4.79. The van der Waals surface area contributed by atoms with Crippen LogP contribution in [0.2, 0.25) is 0 Å². The molecule has 2 aromatic heterocycles. The summed E-state index contributed by atoms with van der Waals surface area (Å²) < 4.78 is 3.92. The van der Waals surface area contributed by atoms with Gasteiger partial charge in [-0.3, -0.25) is 9.48 Å². The summed E-state index contributed by atoms with van der Waals surface area (Å²) in [5.74, 6) is 1.41. The third kappa shape index (κ3) is 3.65. The van der Waals surface area contributed by atoms with Gasteiger partial charge in [-0.2, -0.15) is 5.10 Å². The molecule has 1 unspecified atom stereocenters. The van der Waals surface area contributed by atoms with Crippen LogP contribution < -0.4 is 0 Å². The highest BCUT2D eigenvalue weighted by Crippen LogP contribution is 2.27. The van der Waals surface area contributed by atoms with Gasteiger partial charge >= 0.3 is 0 Å². The Labute approximate surface area is 159 Å². The molecule has 1 fully saturated rings.